The summed E-state index contributed by atoms with van der Waals surface area (Å²) in [6.45, 7) is 12.1. The molecule has 0 fully saturated rings. The highest BCUT2D eigenvalue weighted by Gasteiger charge is 2.16. The van der Waals surface area contributed by atoms with Crippen molar-refractivity contribution in [3.05, 3.63) is 11.1 Å². The summed E-state index contributed by atoms with van der Waals surface area (Å²) < 4.78 is 11.4. The molecule has 0 radical (unpaired) electrons. The Morgan fingerprint density at radius 2 is 1.54 bits per heavy atom. The summed E-state index contributed by atoms with van der Waals surface area (Å²) in [4.78, 5) is 27.7. The number of nitrogens with one attached hydrogen (secondary N) is 2. The molecule has 10 heteroatoms. The van der Waals surface area contributed by atoms with Gasteiger partial charge in [0.05, 0.1) is 5.69 Å². The van der Waals surface area contributed by atoms with Gasteiger partial charge in [0.15, 0.2) is 0 Å². The highest BCUT2D eigenvalue weighted by Crippen LogP contribution is 2.24. The number of alkyl carbamates (subject to hydrolysis) is 2. The van der Waals surface area contributed by atoms with Gasteiger partial charge in [0.25, 0.3) is 0 Å². The first kappa shape index (κ1) is 24.9. The standard InChI is InChI=1S/C18H31N3O4S3/c1-17(2,3)24-14(22)19-7-9-26-11-13-12-28-16(21-13)27-10-8-20-15(23)25-18(4,5)6/h12H,7-11H2,1-6H3,(H,19,22)(H,20,23). The molecule has 28 heavy (non-hydrogen) atoms. The van der Waals surface area contributed by atoms with Crippen LogP contribution in [0.15, 0.2) is 9.72 Å². The van der Waals surface area contributed by atoms with Crippen LogP contribution < -0.4 is 10.6 Å². The zero-order valence-corrected chi connectivity index (χ0v) is 19.9. The Hall–Kier alpha value is -1.13. The van der Waals surface area contributed by atoms with Gasteiger partial charge in [-0.2, -0.15) is 11.8 Å². The average Bonchev–Trinajstić information content (AvgIpc) is 2.95. The van der Waals surface area contributed by atoms with Crippen molar-refractivity contribution in [1.82, 2.24) is 15.6 Å². The maximum atomic E-state index is 11.6. The van der Waals surface area contributed by atoms with E-state index in [-0.39, 0.29) is 6.09 Å². The lowest BCUT2D eigenvalue weighted by Crippen LogP contribution is -2.33. The molecule has 0 aliphatic heterocycles. The SMILES string of the molecule is CC(C)(C)OC(=O)NCCSCc1csc(SCCNC(=O)OC(C)(C)C)n1. The number of ether oxygens (including phenoxy) is 2. The van der Waals surface area contributed by atoms with Crippen molar-refractivity contribution in [2.45, 2.75) is 62.8 Å². The highest BCUT2D eigenvalue weighted by atomic mass is 32.2. The van der Waals surface area contributed by atoms with Crippen molar-refractivity contribution in [2.75, 3.05) is 24.6 Å². The van der Waals surface area contributed by atoms with Crippen LogP contribution in [0.4, 0.5) is 9.59 Å². The van der Waals surface area contributed by atoms with Crippen LogP contribution in [0.1, 0.15) is 47.2 Å². The molecule has 0 saturated heterocycles. The second kappa shape index (κ2) is 11.8. The molecule has 1 rings (SSSR count). The Bertz CT molecular complexity index is 624. The molecule has 1 heterocycles. The van der Waals surface area contributed by atoms with E-state index in [9.17, 15) is 9.59 Å². The number of thiazole rings is 1. The van der Waals surface area contributed by atoms with Crippen LogP contribution in [-0.2, 0) is 15.2 Å². The zero-order chi connectivity index (χ0) is 21.2. The molecule has 1 aromatic heterocycles. The van der Waals surface area contributed by atoms with Crippen molar-refractivity contribution < 1.29 is 19.1 Å². The normalized spacial score (nSPS) is 11.8. The molecule has 0 aliphatic carbocycles. The second-order valence-electron chi connectivity index (χ2n) is 7.86. The number of nitrogens with zero attached hydrogens (tertiary/aromatic N) is 1. The molecule has 0 saturated carbocycles. The van der Waals surface area contributed by atoms with Crippen LogP contribution in [0.25, 0.3) is 0 Å². The maximum absolute atomic E-state index is 11.6. The van der Waals surface area contributed by atoms with E-state index in [0.29, 0.717) is 13.1 Å². The number of carbonyl (C=O) groups excluding carboxylic acids is 2. The van der Waals surface area contributed by atoms with E-state index >= 15 is 0 Å². The molecule has 0 unspecified atom stereocenters. The van der Waals surface area contributed by atoms with E-state index in [1.54, 1.807) is 34.9 Å². The number of rotatable bonds is 9. The van der Waals surface area contributed by atoms with Gasteiger partial charge in [0, 0.05) is 35.7 Å². The Morgan fingerprint density at radius 1 is 1.00 bits per heavy atom. The molecule has 0 aromatic carbocycles. The van der Waals surface area contributed by atoms with Gasteiger partial charge in [0.1, 0.15) is 15.5 Å². The van der Waals surface area contributed by atoms with Gasteiger partial charge in [-0.05, 0) is 41.5 Å². The van der Waals surface area contributed by atoms with Crippen molar-refractivity contribution in [3.63, 3.8) is 0 Å². The zero-order valence-electron chi connectivity index (χ0n) is 17.4. The number of amides is 2. The molecule has 1 aromatic rings. The molecule has 0 spiro atoms. The molecule has 0 atom stereocenters. The second-order valence-corrected chi connectivity index (χ2v) is 11.2. The molecular weight excluding hydrogens is 418 g/mol. The Balaban J connectivity index is 2.13. The van der Waals surface area contributed by atoms with Crippen LogP contribution in [0.5, 0.6) is 0 Å². The predicted molar refractivity (Wildman–Crippen MR) is 117 cm³/mol. The van der Waals surface area contributed by atoms with E-state index < -0.39 is 17.3 Å². The summed E-state index contributed by atoms with van der Waals surface area (Å²) in [5, 5.41) is 7.51. The van der Waals surface area contributed by atoms with E-state index in [4.69, 9.17) is 9.47 Å². The van der Waals surface area contributed by atoms with Crippen molar-refractivity contribution in [1.29, 1.82) is 0 Å². The molecule has 160 valence electrons. The molecular formula is C18H31N3O4S3. The lowest BCUT2D eigenvalue weighted by atomic mass is 10.2. The first-order valence-electron chi connectivity index (χ1n) is 9.03. The van der Waals surface area contributed by atoms with Crippen molar-refractivity contribution in [3.8, 4) is 0 Å². The lowest BCUT2D eigenvalue weighted by molar-refractivity contribution is 0.0519. The topological polar surface area (TPSA) is 89.6 Å². The number of hydrogen-bond acceptors (Lipinski definition) is 8. The summed E-state index contributed by atoms with van der Waals surface area (Å²) >= 11 is 4.91. The van der Waals surface area contributed by atoms with E-state index in [2.05, 4.69) is 15.6 Å². The van der Waals surface area contributed by atoms with Crippen LogP contribution in [0, 0.1) is 0 Å². The van der Waals surface area contributed by atoms with Crippen molar-refractivity contribution in [2.24, 2.45) is 0 Å². The number of thioether (sulfide) groups is 2. The van der Waals surface area contributed by atoms with Crippen LogP contribution in [0.3, 0.4) is 0 Å². The van der Waals surface area contributed by atoms with Gasteiger partial charge >= 0.3 is 12.2 Å². The van der Waals surface area contributed by atoms with Crippen molar-refractivity contribution >= 4 is 47.0 Å². The van der Waals surface area contributed by atoms with E-state index in [0.717, 1.165) is 27.3 Å². The summed E-state index contributed by atoms with van der Waals surface area (Å²) in [6, 6.07) is 0. The number of carbonyl (C=O) groups is 2. The molecule has 2 amide bonds. The molecule has 2 N–H and O–H groups in total. The summed E-state index contributed by atoms with van der Waals surface area (Å²) in [6.07, 6.45) is -0.787. The largest absolute Gasteiger partial charge is 0.444 e. The monoisotopic (exact) mass is 449 g/mol. The number of aromatic nitrogens is 1. The van der Waals surface area contributed by atoms with Gasteiger partial charge in [-0.3, -0.25) is 0 Å². The van der Waals surface area contributed by atoms with Gasteiger partial charge in [-0.15, -0.1) is 11.3 Å². The van der Waals surface area contributed by atoms with Gasteiger partial charge in [-0.1, -0.05) is 11.8 Å². The minimum Gasteiger partial charge on any atom is -0.444 e. The summed E-state index contributed by atoms with van der Waals surface area (Å²) in [5.74, 6) is 2.32. The Morgan fingerprint density at radius 3 is 2.07 bits per heavy atom. The molecule has 0 aliphatic rings. The highest BCUT2D eigenvalue weighted by molar-refractivity contribution is 8.01. The number of hydrogen-bond donors (Lipinski definition) is 2. The fourth-order valence-electron chi connectivity index (χ4n) is 1.74. The predicted octanol–water partition coefficient (Wildman–Crippen LogP) is 4.52. The summed E-state index contributed by atoms with van der Waals surface area (Å²) in [7, 11) is 0. The van der Waals surface area contributed by atoms with Crippen LogP contribution in [-0.4, -0.2) is 53.0 Å². The molecule has 0 bridgehead atoms. The van der Waals surface area contributed by atoms with Gasteiger partial charge < -0.3 is 20.1 Å². The van der Waals surface area contributed by atoms with E-state index in [1.807, 2.05) is 46.9 Å². The summed E-state index contributed by atoms with van der Waals surface area (Å²) in [5.41, 5.74) is 0.0606. The first-order valence-corrected chi connectivity index (χ1v) is 12.1. The quantitative estimate of drug-likeness (QED) is 0.423. The fraction of sp³-hybridized carbons (Fsp3) is 0.722. The first-order chi connectivity index (χ1) is 12.9. The van der Waals surface area contributed by atoms with Gasteiger partial charge in [-0.25, -0.2) is 14.6 Å². The van der Waals surface area contributed by atoms with Crippen LogP contribution >= 0.6 is 34.9 Å². The Kier molecular flexibility index (Phi) is 10.5. The van der Waals surface area contributed by atoms with E-state index in [1.165, 1.54) is 0 Å². The fourth-order valence-corrected chi connectivity index (χ4v) is 4.37. The maximum Gasteiger partial charge on any atom is 0.407 e. The average molecular weight is 450 g/mol. The molecule has 7 nitrogen and oxygen atoms in total. The van der Waals surface area contributed by atoms with Crippen LogP contribution in [0.2, 0.25) is 0 Å². The minimum absolute atomic E-state index is 0.388. The minimum atomic E-state index is -0.485. The third-order valence-electron chi connectivity index (χ3n) is 2.69. The third kappa shape index (κ3) is 13.1. The smallest absolute Gasteiger partial charge is 0.407 e. The lowest BCUT2D eigenvalue weighted by Gasteiger charge is -2.19. The third-order valence-corrected chi connectivity index (χ3v) is 5.76. The Labute approximate surface area is 180 Å². The van der Waals surface area contributed by atoms with Gasteiger partial charge in [0.2, 0.25) is 0 Å².